The summed E-state index contributed by atoms with van der Waals surface area (Å²) in [5, 5.41) is 9.71. The van der Waals surface area contributed by atoms with Gasteiger partial charge in [-0.3, -0.25) is 4.90 Å². The van der Waals surface area contributed by atoms with E-state index in [4.69, 9.17) is 4.99 Å². The van der Waals surface area contributed by atoms with Crippen molar-refractivity contribution < 1.29 is 0 Å². The van der Waals surface area contributed by atoms with E-state index in [0.29, 0.717) is 22.9 Å². The number of aliphatic imine (C=N–C) groups is 3. The number of allylic oxidation sites excluding steroid dienone is 3. The Morgan fingerprint density at radius 3 is 2.58 bits per heavy atom. The van der Waals surface area contributed by atoms with E-state index < -0.39 is 0 Å². The first kappa shape index (κ1) is 15.9. The molecule has 0 unspecified atom stereocenters. The van der Waals surface area contributed by atoms with E-state index in [1.165, 1.54) is 0 Å². The lowest BCUT2D eigenvalue weighted by Gasteiger charge is -2.35. The van der Waals surface area contributed by atoms with Crippen LogP contribution in [0.5, 0.6) is 0 Å². The minimum atomic E-state index is -0.212. The van der Waals surface area contributed by atoms with E-state index in [1.807, 2.05) is 54.4 Å². The van der Waals surface area contributed by atoms with Crippen LogP contribution >= 0.6 is 0 Å². The zero-order valence-corrected chi connectivity index (χ0v) is 14.6. The topological polar surface area (TPSA) is 67.3 Å². The minimum Gasteiger partial charge on any atom is -0.383 e. The Balaban J connectivity index is 2.21. The minimum absolute atomic E-state index is 0.212. The Kier molecular flexibility index (Phi) is 3.72. The van der Waals surface area contributed by atoms with Crippen LogP contribution < -0.4 is 0 Å². The SMILES string of the molecule is CN(C)/C=C\C1=C(C#N)C2=NC(C(C)(C)C)=NC3=CC=CC(=N1)N32. The molecule has 3 aliphatic rings. The summed E-state index contributed by atoms with van der Waals surface area (Å²) in [4.78, 5) is 17.7. The predicted octanol–water partition coefficient (Wildman–Crippen LogP) is 2.82. The maximum atomic E-state index is 9.71. The molecule has 0 aromatic carbocycles. The van der Waals surface area contributed by atoms with Crippen LogP contribution in [0.1, 0.15) is 20.8 Å². The summed E-state index contributed by atoms with van der Waals surface area (Å²) >= 11 is 0. The zero-order valence-electron chi connectivity index (χ0n) is 14.6. The lowest BCUT2D eigenvalue weighted by atomic mass is 9.94. The fraction of sp³-hybridized carbons (Fsp3) is 0.333. The third kappa shape index (κ3) is 2.69. The summed E-state index contributed by atoms with van der Waals surface area (Å²) < 4.78 is 0. The molecular weight excluding hydrogens is 300 g/mol. The van der Waals surface area contributed by atoms with Crippen molar-refractivity contribution >= 4 is 17.5 Å². The maximum absolute atomic E-state index is 9.71. The van der Waals surface area contributed by atoms with Gasteiger partial charge in [-0.25, -0.2) is 15.0 Å². The molecule has 24 heavy (non-hydrogen) atoms. The zero-order chi connectivity index (χ0) is 17.5. The number of nitrogens with zero attached hydrogens (tertiary/aromatic N) is 6. The molecule has 6 heteroatoms. The van der Waals surface area contributed by atoms with Crippen LogP contribution in [0.4, 0.5) is 0 Å². The molecule has 0 saturated heterocycles. The molecule has 3 heterocycles. The molecule has 0 radical (unpaired) electrons. The highest BCUT2D eigenvalue weighted by atomic mass is 15.4. The van der Waals surface area contributed by atoms with Crippen LogP contribution in [-0.4, -0.2) is 41.4 Å². The van der Waals surface area contributed by atoms with Gasteiger partial charge >= 0.3 is 0 Å². The summed E-state index contributed by atoms with van der Waals surface area (Å²) in [5.41, 5.74) is 0.850. The molecule has 0 bridgehead atoms. The maximum Gasteiger partial charge on any atom is 0.162 e. The second-order valence-corrected chi connectivity index (χ2v) is 6.96. The Morgan fingerprint density at radius 2 is 1.96 bits per heavy atom. The number of hydrogen-bond acceptors (Lipinski definition) is 6. The van der Waals surface area contributed by atoms with Crippen LogP contribution in [-0.2, 0) is 0 Å². The molecule has 0 saturated carbocycles. The number of nitriles is 1. The van der Waals surface area contributed by atoms with Gasteiger partial charge < -0.3 is 4.90 Å². The van der Waals surface area contributed by atoms with E-state index in [0.717, 1.165) is 11.7 Å². The van der Waals surface area contributed by atoms with Crippen LogP contribution in [0.15, 0.2) is 62.6 Å². The second-order valence-electron chi connectivity index (χ2n) is 6.96. The van der Waals surface area contributed by atoms with Gasteiger partial charge in [0.25, 0.3) is 0 Å². The largest absolute Gasteiger partial charge is 0.383 e. The van der Waals surface area contributed by atoms with Crippen LogP contribution in [0.25, 0.3) is 0 Å². The fourth-order valence-electron chi connectivity index (χ4n) is 2.41. The van der Waals surface area contributed by atoms with E-state index >= 15 is 0 Å². The average Bonchev–Trinajstić information content (AvgIpc) is 2.52. The standard InChI is InChI=1S/C18H20N6/c1-18(2,3)17-21-15-8-6-7-14-20-13(9-10-23(4)5)12(11-19)16(22-17)24(14)15/h6-10H,1-5H3/b10-9-. The highest BCUT2D eigenvalue weighted by Gasteiger charge is 2.36. The van der Waals surface area contributed by atoms with Crippen molar-refractivity contribution in [3.05, 3.63) is 47.6 Å². The highest BCUT2D eigenvalue weighted by Crippen LogP contribution is 2.32. The first-order chi connectivity index (χ1) is 11.3. The molecule has 0 aliphatic carbocycles. The molecule has 0 spiro atoms. The van der Waals surface area contributed by atoms with Crippen molar-refractivity contribution in [2.75, 3.05) is 14.1 Å². The molecule has 3 aliphatic heterocycles. The smallest absolute Gasteiger partial charge is 0.162 e. The van der Waals surface area contributed by atoms with Gasteiger partial charge in [-0.15, -0.1) is 0 Å². The normalized spacial score (nSPS) is 19.4. The van der Waals surface area contributed by atoms with E-state index in [2.05, 4.69) is 36.8 Å². The molecule has 0 amide bonds. The van der Waals surface area contributed by atoms with Crippen molar-refractivity contribution in [2.45, 2.75) is 20.8 Å². The van der Waals surface area contributed by atoms with E-state index in [1.54, 1.807) is 0 Å². The summed E-state index contributed by atoms with van der Waals surface area (Å²) in [6.07, 6.45) is 9.43. The molecule has 6 nitrogen and oxygen atoms in total. The van der Waals surface area contributed by atoms with Gasteiger partial charge in [-0.2, -0.15) is 5.26 Å². The number of hydrogen-bond donors (Lipinski definition) is 0. The second kappa shape index (κ2) is 5.60. The summed E-state index contributed by atoms with van der Waals surface area (Å²) in [6, 6.07) is 2.26. The van der Waals surface area contributed by atoms with Crippen LogP contribution in [0, 0.1) is 16.7 Å². The molecule has 0 aromatic heterocycles. The highest BCUT2D eigenvalue weighted by molar-refractivity contribution is 6.22. The van der Waals surface area contributed by atoms with E-state index in [9.17, 15) is 5.26 Å². The van der Waals surface area contributed by atoms with Gasteiger partial charge in [-0.1, -0.05) is 26.8 Å². The van der Waals surface area contributed by atoms with Gasteiger partial charge in [0.1, 0.15) is 29.1 Å². The van der Waals surface area contributed by atoms with Gasteiger partial charge in [0.2, 0.25) is 0 Å². The van der Waals surface area contributed by atoms with Gasteiger partial charge in [0.15, 0.2) is 5.84 Å². The third-order valence-electron chi connectivity index (χ3n) is 3.62. The number of amidine groups is 3. The van der Waals surface area contributed by atoms with Gasteiger partial charge in [0.05, 0.1) is 5.70 Å². The lowest BCUT2D eigenvalue weighted by Crippen LogP contribution is -2.43. The van der Waals surface area contributed by atoms with Crippen molar-refractivity contribution in [3.63, 3.8) is 0 Å². The Bertz CT molecular complexity index is 832. The molecule has 0 atom stereocenters. The monoisotopic (exact) mass is 320 g/mol. The van der Waals surface area contributed by atoms with Crippen molar-refractivity contribution in [2.24, 2.45) is 20.4 Å². The quantitative estimate of drug-likeness (QED) is 0.785. The molecule has 0 N–H and O–H groups in total. The average molecular weight is 320 g/mol. The molecule has 0 fully saturated rings. The molecule has 122 valence electrons. The Hall–Kier alpha value is -2.94. The third-order valence-corrected chi connectivity index (χ3v) is 3.62. The van der Waals surface area contributed by atoms with Crippen molar-refractivity contribution in [3.8, 4) is 6.07 Å². The van der Waals surface area contributed by atoms with Gasteiger partial charge in [0, 0.05) is 25.7 Å². The van der Waals surface area contributed by atoms with E-state index in [-0.39, 0.29) is 5.41 Å². The fourth-order valence-corrected chi connectivity index (χ4v) is 2.41. The summed E-state index contributed by atoms with van der Waals surface area (Å²) in [7, 11) is 3.85. The summed E-state index contributed by atoms with van der Waals surface area (Å²) in [6.45, 7) is 6.18. The number of rotatable bonds is 2. The van der Waals surface area contributed by atoms with Crippen molar-refractivity contribution in [1.29, 1.82) is 5.26 Å². The first-order valence-corrected chi connectivity index (χ1v) is 7.75. The Labute approximate surface area is 142 Å². The predicted molar refractivity (Wildman–Crippen MR) is 96.3 cm³/mol. The lowest BCUT2D eigenvalue weighted by molar-refractivity contribution is 0.563. The van der Waals surface area contributed by atoms with Crippen molar-refractivity contribution in [1.82, 2.24) is 9.80 Å². The molecular formula is C18H20N6. The Morgan fingerprint density at radius 1 is 1.21 bits per heavy atom. The van der Waals surface area contributed by atoms with Crippen LogP contribution in [0.3, 0.4) is 0 Å². The first-order valence-electron chi connectivity index (χ1n) is 7.75. The summed E-state index contributed by atoms with van der Waals surface area (Å²) in [5.74, 6) is 2.77. The van der Waals surface area contributed by atoms with Crippen LogP contribution in [0.2, 0.25) is 0 Å². The molecule has 0 aromatic rings. The van der Waals surface area contributed by atoms with Gasteiger partial charge in [-0.05, 0) is 18.2 Å². The molecule has 3 rings (SSSR count).